The number of hydrogen-bond donors (Lipinski definition) is 1. The molecule has 0 bridgehead atoms. The summed E-state index contributed by atoms with van der Waals surface area (Å²) in [5.74, 6) is -0.270. The van der Waals surface area contributed by atoms with Crippen molar-refractivity contribution in [1.82, 2.24) is 5.32 Å². The van der Waals surface area contributed by atoms with E-state index in [2.05, 4.69) is 24.1 Å². The molecule has 0 spiro atoms. The van der Waals surface area contributed by atoms with Crippen molar-refractivity contribution in [3.05, 3.63) is 23.0 Å². The number of rotatable bonds is 2. The second kappa shape index (κ2) is 5.89. The molecule has 1 aromatic carbocycles. The van der Waals surface area contributed by atoms with Gasteiger partial charge in [0.15, 0.2) is 11.6 Å². The van der Waals surface area contributed by atoms with Gasteiger partial charge in [-0.1, -0.05) is 24.4 Å². The molecule has 0 radical (unpaired) electrons. The Labute approximate surface area is 136 Å². The molecule has 1 aromatic rings. The minimum atomic E-state index is -0.395. The van der Waals surface area contributed by atoms with E-state index in [1.165, 1.54) is 26.4 Å². The summed E-state index contributed by atoms with van der Waals surface area (Å²) in [6.45, 7) is 5.24. The largest absolute Gasteiger partial charge is 0.492 e. The first kappa shape index (κ1) is 15.9. The SMILES string of the molecule is COc1c(F)cc(N2CC(C)(C)N[C@@H]3CCCC[C@H]32)cc1Cl. The van der Waals surface area contributed by atoms with Crippen molar-refractivity contribution < 1.29 is 9.13 Å². The molecule has 0 aromatic heterocycles. The number of fused-ring (bicyclic) bond motifs is 1. The highest BCUT2D eigenvalue weighted by molar-refractivity contribution is 6.32. The van der Waals surface area contributed by atoms with Crippen molar-refractivity contribution in [2.45, 2.75) is 57.2 Å². The lowest BCUT2D eigenvalue weighted by molar-refractivity contribution is 0.199. The third kappa shape index (κ3) is 2.91. The van der Waals surface area contributed by atoms with Gasteiger partial charge < -0.3 is 15.0 Å². The number of hydrogen-bond acceptors (Lipinski definition) is 3. The fourth-order valence-corrected chi connectivity index (χ4v) is 4.21. The van der Waals surface area contributed by atoms with E-state index in [1.807, 2.05) is 6.07 Å². The minimum Gasteiger partial charge on any atom is -0.492 e. The highest BCUT2D eigenvalue weighted by Crippen LogP contribution is 2.38. The van der Waals surface area contributed by atoms with Crippen LogP contribution in [-0.4, -0.2) is 31.3 Å². The van der Waals surface area contributed by atoms with E-state index in [9.17, 15) is 4.39 Å². The molecule has 22 heavy (non-hydrogen) atoms. The number of halogens is 2. The van der Waals surface area contributed by atoms with E-state index in [0.29, 0.717) is 17.1 Å². The standard InChI is InChI=1S/C17H24ClFN2O/c1-17(2)10-21(15-7-5-4-6-14(15)20-17)11-8-12(18)16(22-3)13(19)9-11/h8-9,14-15,20H,4-7,10H2,1-3H3/t14-,15-/m1/s1. The second-order valence-corrected chi connectivity index (χ2v) is 7.46. The van der Waals surface area contributed by atoms with Gasteiger partial charge >= 0.3 is 0 Å². The molecular weight excluding hydrogens is 303 g/mol. The molecule has 3 rings (SSSR count). The van der Waals surface area contributed by atoms with Crippen LogP contribution in [0.1, 0.15) is 39.5 Å². The van der Waals surface area contributed by atoms with Crippen LogP contribution in [0.2, 0.25) is 5.02 Å². The molecule has 2 aliphatic rings. The van der Waals surface area contributed by atoms with Gasteiger partial charge in [-0.05, 0) is 32.8 Å². The zero-order valence-corrected chi connectivity index (χ0v) is 14.2. The fraction of sp³-hybridized carbons (Fsp3) is 0.647. The van der Waals surface area contributed by atoms with E-state index < -0.39 is 5.82 Å². The van der Waals surface area contributed by atoms with Crippen LogP contribution in [0, 0.1) is 5.82 Å². The Morgan fingerprint density at radius 1 is 1.32 bits per heavy atom. The molecule has 5 heteroatoms. The minimum absolute atomic E-state index is 0.00138. The Hall–Kier alpha value is -1.00. The van der Waals surface area contributed by atoms with Crippen molar-refractivity contribution in [2.24, 2.45) is 0 Å². The molecule has 1 aliphatic heterocycles. The van der Waals surface area contributed by atoms with Gasteiger partial charge in [0.1, 0.15) is 0 Å². The predicted octanol–water partition coefficient (Wildman–Crippen LogP) is 3.99. The smallest absolute Gasteiger partial charge is 0.173 e. The van der Waals surface area contributed by atoms with Crippen molar-refractivity contribution >= 4 is 17.3 Å². The summed E-state index contributed by atoms with van der Waals surface area (Å²) in [7, 11) is 1.44. The van der Waals surface area contributed by atoms with Gasteiger partial charge in [-0.2, -0.15) is 0 Å². The molecule has 1 heterocycles. The van der Waals surface area contributed by atoms with Crippen molar-refractivity contribution in [3.8, 4) is 5.75 Å². The van der Waals surface area contributed by atoms with Gasteiger partial charge in [-0.25, -0.2) is 4.39 Å². The number of anilines is 1. The summed E-state index contributed by atoms with van der Waals surface area (Å²) in [5.41, 5.74) is 0.858. The lowest BCUT2D eigenvalue weighted by Crippen LogP contribution is -2.67. The lowest BCUT2D eigenvalue weighted by atomic mass is 9.83. The predicted molar refractivity (Wildman–Crippen MR) is 88.6 cm³/mol. The molecule has 1 aliphatic carbocycles. The maximum Gasteiger partial charge on any atom is 0.173 e. The van der Waals surface area contributed by atoms with Crippen LogP contribution in [0.15, 0.2) is 12.1 Å². The van der Waals surface area contributed by atoms with Gasteiger partial charge in [0.05, 0.1) is 12.1 Å². The van der Waals surface area contributed by atoms with Crippen LogP contribution in [0.5, 0.6) is 5.75 Å². The monoisotopic (exact) mass is 326 g/mol. The molecule has 0 unspecified atom stereocenters. The van der Waals surface area contributed by atoms with E-state index in [0.717, 1.165) is 18.7 Å². The van der Waals surface area contributed by atoms with Gasteiger partial charge in [0.25, 0.3) is 0 Å². The first-order valence-corrected chi connectivity index (χ1v) is 8.36. The van der Waals surface area contributed by atoms with Crippen molar-refractivity contribution in [3.63, 3.8) is 0 Å². The van der Waals surface area contributed by atoms with E-state index in [4.69, 9.17) is 16.3 Å². The first-order valence-electron chi connectivity index (χ1n) is 7.99. The van der Waals surface area contributed by atoms with Crippen LogP contribution in [0.25, 0.3) is 0 Å². The fourth-order valence-electron chi connectivity index (χ4n) is 3.93. The highest BCUT2D eigenvalue weighted by atomic mass is 35.5. The summed E-state index contributed by atoms with van der Waals surface area (Å²) in [4.78, 5) is 2.33. The van der Waals surface area contributed by atoms with E-state index >= 15 is 0 Å². The van der Waals surface area contributed by atoms with Crippen LogP contribution >= 0.6 is 11.6 Å². The maximum absolute atomic E-state index is 14.2. The van der Waals surface area contributed by atoms with Gasteiger partial charge in [-0.15, -0.1) is 0 Å². The molecule has 1 saturated heterocycles. The third-order valence-electron chi connectivity index (χ3n) is 4.79. The summed E-state index contributed by atoms with van der Waals surface area (Å²) in [6.07, 6.45) is 4.80. The average molecular weight is 327 g/mol. The zero-order chi connectivity index (χ0) is 15.9. The Morgan fingerprint density at radius 2 is 2.05 bits per heavy atom. The third-order valence-corrected chi connectivity index (χ3v) is 5.07. The lowest BCUT2D eigenvalue weighted by Gasteiger charge is -2.52. The number of nitrogens with one attached hydrogen (secondary N) is 1. The number of piperazine rings is 1. The molecule has 1 N–H and O–H groups in total. The average Bonchev–Trinajstić information content (AvgIpc) is 2.45. The molecule has 122 valence electrons. The normalized spacial score (nSPS) is 27.4. The van der Waals surface area contributed by atoms with Gasteiger partial charge in [0.2, 0.25) is 0 Å². The zero-order valence-electron chi connectivity index (χ0n) is 13.5. The van der Waals surface area contributed by atoms with Gasteiger partial charge in [0, 0.05) is 35.9 Å². The van der Waals surface area contributed by atoms with Crippen LogP contribution in [0.4, 0.5) is 10.1 Å². The van der Waals surface area contributed by atoms with Crippen molar-refractivity contribution in [1.29, 1.82) is 0 Å². The Kier molecular flexibility index (Phi) is 4.25. The first-order chi connectivity index (χ1) is 10.4. The summed E-state index contributed by atoms with van der Waals surface area (Å²) in [5, 5.41) is 4.09. The van der Waals surface area contributed by atoms with Crippen LogP contribution in [0.3, 0.4) is 0 Å². The summed E-state index contributed by atoms with van der Waals surface area (Å²) >= 11 is 6.19. The van der Waals surface area contributed by atoms with Gasteiger partial charge in [-0.3, -0.25) is 0 Å². The summed E-state index contributed by atoms with van der Waals surface area (Å²) < 4.78 is 19.3. The van der Waals surface area contributed by atoms with E-state index in [1.54, 1.807) is 6.07 Å². The molecular formula is C17H24ClFN2O. The summed E-state index contributed by atoms with van der Waals surface area (Å²) in [6, 6.07) is 4.25. The van der Waals surface area contributed by atoms with Crippen LogP contribution < -0.4 is 15.0 Å². The molecule has 2 atom stereocenters. The number of methoxy groups -OCH3 is 1. The number of ether oxygens (including phenoxy) is 1. The Bertz CT molecular complexity index is 541. The van der Waals surface area contributed by atoms with E-state index in [-0.39, 0.29) is 11.3 Å². The molecule has 3 nitrogen and oxygen atoms in total. The topological polar surface area (TPSA) is 24.5 Å². The second-order valence-electron chi connectivity index (χ2n) is 7.06. The maximum atomic E-state index is 14.2. The Balaban J connectivity index is 1.97. The number of nitrogens with zero attached hydrogens (tertiary/aromatic N) is 1. The van der Waals surface area contributed by atoms with Crippen molar-refractivity contribution in [2.75, 3.05) is 18.6 Å². The number of benzene rings is 1. The molecule has 1 saturated carbocycles. The quantitative estimate of drug-likeness (QED) is 0.889. The van der Waals surface area contributed by atoms with Crippen LogP contribution in [-0.2, 0) is 0 Å². The Morgan fingerprint density at radius 3 is 2.73 bits per heavy atom. The molecule has 0 amide bonds. The molecule has 2 fully saturated rings. The highest BCUT2D eigenvalue weighted by Gasteiger charge is 2.40.